The van der Waals surface area contributed by atoms with Gasteiger partial charge in [0.15, 0.2) is 17.2 Å². The lowest BCUT2D eigenvalue weighted by molar-refractivity contribution is 0.101. The molecule has 100 valence electrons. The van der Waals surface area contributed by atoms with Crippen molar-refractivity contribution in [3.05, 3.63) is 69.1 Å². The average Bonchev–Trinajstić information content (AvgIpc) is 2.86. The number of ketones is 1. The van der Waals surface area contributed by atoms with Gasteiger partial charge in [-0.3, -0.25) is 4.79 Å². The highest BCUT2D eigenvalue weighted by Crippen LogP contribution is 2.27. The maximum atomic E-state index is 13.6. The van der Waals surface area contributed by atoms with E-state index in [1.54, 1.807) is 30.3 Å². The van der Waals surface area contributed by atoms with Gasteiger partial charge in [0.25, 0.3) is 0 Å². The Labute approximate surface area is 127 Å². The van der Waals surface area contributed by atoms with Crippen LogP contribution < -0.4 is 0 Å². The van der Waals surface area contributed by atoms with Crippen LogP contribution in [0.5, 0.6) is 0 Å². The van der Waals surface area contributed by atoms with E-state index >= 15 is 0 Å². The molecular weight excluding hydrogens is 347 g/mol. The molecule has 0 unspecified atom stereocenters. The highest BCUT2D eigenvalue weighted by atomic mass is 79.9. The minimum atomic E-state index is -0.487. The molecule has 0 saturated carbocycles. The predicted octanol–water partition coefficient (Wildman–Crippen LogP) is 5.22. The Hall–Kier alpha value is -1.65. The molecular formula is C15H7BrClFO2. The molecule has 0 aliphatic rings. The van der Waals surface area contributed by atoms with Crippen molar-refractivity contribution in [2.75, 3.05) is 0 Å². The van der Waals surface area contributed by atoms with Gasteiger partial charge < -0.3 is 4.42 Å². The zero-order valence-corrected chi connectivity index (χ0v) is 12.3. The summed E-state index contributed by atoms with van der Waals surface area (Å²) >= 11 is 9.14. The number of carbonyl (C=O) groups is 1. The molecule has 2 nitrogen and oxygen atoms in total. The van der Waals surface area contributed by atoms with Crippen LogP contribution in [0.4, 0.5) is 4.39 Å². The van der Waals surface area contributed by atoms with E-state index in [1.165, 1.54) is 12.1 Å². The van der Waals surface area contributed by atoms with Crippen LogP contribution in [-0.2, 0) is 0 Å². The first-order valence-corrected chi connectivity index (χ1v) is 6.91. The number of benzene rings is 2. The van der Waals surface area contributed by atoms with Crippen LogP contribution in [0.1, 0.15) is 16.1 Å². The molecule has 0 N–H and O–H groups in total. The Morgan fingerprint density at radius 1 is 1.20 bits per heavy atom. The van der Waals surface area contributed by atoms with E-state index in [9.17, 15) is 9.18 Å². The van der Waals surface area contributed by atoms with Gasteiger partial charge >= 0.3 is 0 Å². The van der Waals surface area contributed by atoms with Crippen LogP contribution in [0.15, 0.2) is 51.4 Å². The first-order valence-electron chi connectivity index (χ1n) is 5.74. The van der Waals surface area contributed by atoms with Crippen LogP contribution in [0.3, 0.4) is 0 Å². The summed E-state index contributed by atoms with van der Waals surface area (Å²) in [6.45, 7) is 0. The summed E-state index contributed by atoms with van der Waals surface area (Å²) in [5.74, 6) is -0.712. The van der Waals surface area contributed by atoms with E-state index in [0.29, 0.717) is 20.4 Å². The van der Waals surface area contributed by atoms with Crippen molar-refractivity contribution < 1.29 is 13.6 Å². The summed E-state index contributed by atoms with van der Waals surface area (Å²) in [5.41, 5.74) is 0.504. The van der Waals surface area contributed by atoms with Gasteiger partial charge in [0, 0.05) is 15.4 Å². The highest BCUT2D eigenvalue weighted by molar-refractivity contribution is 9.10. The van der Waals surface area contributed by atoms with Crippen LogP contribution in [0, 0.1) is 5.82 Å². The lowest BCUT2D eigenvalue weighted by atomic mass is 10.1. The van der Waals surface area contributed by atoms with Crippen molar-refractivity contribution in [1.29, 1.82) is 0 Å². The Morgan fingerprint density at radius 3 is 2.70 bits per heavy atom. The monoisotopic (exact) mass is 352 g/mol. The van der Waals surface area contributed by atoms with Crippen molar-refractivity contribution in [1.82, 2.24) is 0 Å². The molecule has 1 heterocycles. The molecule has 0 fully saturated rings. The van der Waals surface area contributed by atoms with Crippen molar-refractivity contribution in [3.8, 4) is 0 Å². The molecule has 0 aliphatic carbocycles. The van der Waals surface area contributed by atoms with E-state index in [-0.39, 0.29) is 17.1 Å². The standard InChI is InChI=1S/C15H7BrClFO2/c16-10-6-8(4-5-11(10)17)14(19)13-7-9-2-1-3-12(18)15(9)20-13/h1-7H. The zero-order chi connectivity index (χ0) is 14.3. The number of hydrogen-bond acceptors (Lipinski definition) is 2. The molecule has 0 bridgehead atoms. The summed E-state index contributed by atoms with van der Waals surface area (Å²) in [6, 6.07) is 10.9. The molecule has 5 heteroatoms. The Bertz CT molecular complexity index is 826. The molecule has 20 heavy (non-hydrogen) atoms. The fourth-order valence-corrected chi connectivity index (χ4v) is 2.42. The molecule has 0 spiro atoms. The quantitative estimate of drug-likeness (QED) is 0.591. The van der Waals surface area contributed by atoms with Crippen LogP contribution in [0.2, 0.25) is 5.02 Å². The van der Waals surface area contributed by atoms with E-state index in [0.717, 1.165) is 0 Å². The third kappa shape index (κ3) is 2.25. The van der Waals surface area contributed by atoms with Gasteiger partial charge in [-0.1, -0.05) is 23.7 Å². The fourth-order valence-electron chi connectivity index (χ4n) is 1.92. The molecule has 3 rings (SSSR count). The molecule has 3 aromatic rings. The predicted molar refractivity (Wildman–Crippen MR) is 78.8 cm³/mol. The number of rotatable bonds is 2. The summed E-state index contributed by atoms with van der Waals surface area (Å²) < 4.78 is 19.5. The number of para-hydroxylation sites is 1. The smallest absolute Gasteiger partial charge is 0.228 e. The lowest BCUT2D eigenvalue weighted by Crippen LogP contribution is -1.99. The summed E-state index contributed by atoms with van der Waals surface area (Å²) in [6.07, 6.45) is 0. The fraction of sp³-hybridized carbons (Fsp3) is 0. The van der Waals surface area contributed by atoms with E-state index in [1.807, 2.05) is 0 Å². The van der Waals surface area contributed by atoms with Crippen LogP contribution >= 0.6 is 27.5 Å². The minimum Gasteiger partial charge on any atom is -0.449 e. The molecule has 0 amide bonds. The molecule has 0 saturated heterocycles. The highest BCUT2D eigenvalue weighted by Gasteiger charge is 2.17. The van der Waals surface area contributed by atoms with E-state index in [4.69, 9.17) is 16.0 Å². The third-order valence-corrected chi connectivity index (χ3v) is 4.12. The van der Waals surface area contributed by atoms with Gasteiger partial charge in [-0.25, -0.2) is 4.39 Å². The second-order valence-corrected chi connectivity index (χ2v) is 5.49. The van der Waals surface area contributed by atoms with Gasteiger partial charge in [-0.2, -0.15) is 0 Å². The maximum Gasteiger partial charge on any atom is 0.228 e. The molecule has 1 aromatic heterocycles. The first kappa shape index (κ1) is 13.3. The molecule has 0 atom stereocenters. The van der Waals surface area contributed by atoms with Gasteiger partial charge in [0.05, 0.1) is 5.02 Å². The summed E-state index contributed by atoms with van der Waals surface area (Å²) in [4.78, 5) is 12.3. The zero-order valence-electron chi connectivity index (χ0n) is 9.99. The summed E-state index contributed by atoms with van der Waals surface area (Å²) in [5, 5.41) is 1.07. The topological polar surface area (TPSA) is 30.2 Å². The second kappa shape index (κ2) is 5.04. The Morgan fingerprint density at radius 2 is 2.00 bits per heavy atom. The average molecular weight is 354 g/mol. The summed E-state index contributed by atoms with van der Waals surface area (Å²) in [7, 11) is 0. The number of carbonyl (C=O) groups excluding carboxylic acids is 1. The molecule has 2 aromatic carbocycles. The van der Waals surface area contributed by atoms with Crippen molar-refractivity contribution in [2.45, 2.75) is 0 Å². The maximum absolute atomic E-state index is 13.6. The van der Waals surface area contributed by atoms with E-state index < -0.39 is 5.82 Å². The van der Waals surface area contributed by atoms with Crippen molar-refractivity contribution in [3.63, 3.8) is 0 Å². The van der Waals surface area contributed by atoms with Crippen molar-refractivity contribution >= 4 is 44.3 Å². The van der Waals surface area contributed by atoms with Gasteiger partial charge in [-0.15, -0.1) is 0 Å². The van der Waals surface area contributed by atoms with Gasteiger partial charge in [-0.05, 0) is 46.3 Å². The lowest BCUT2D eigenvalue weighted by Gasteiger charge is -2.00. The normalized spacial score (nSPS) is 10.9. The SMILES string of the molecule is O=C(c1ccc(Cl)c(Br)c1)c1cc2cccc(F)c2o1. The second-order valence-electron chi connectivity index (χ2n) is 4.23. The number of fused-ring (bicyclic) bond motifs is 1. The Balaban J connectivity index is 2.08. The van der Waals surface area contributed by atoms with E-state index in [2.05, 4.69) is 15.9 Å². The van der Waals surface area contributed by atoms with Crippen LogP contribution in [-0.4, -0.2) is 5.78 Å². The van der Waals surface area contributed by atoms with Gasteiger partial charge in [0.1, 0.15) is 0 Å². The van der Waals surface area contributed by atoms with Crippen LogP contribution in [0.25, 0.3) is 11.0 Å². The Kier molecular flexibility index (Phi) is 3.36. The number of hydrogen-bond donors (Lipinski definition) is 0. The largest absolute Gasteiger partial charge is 0.449 e. The van der Waals surface area contributed by atoms with Gasteiger partial charge in [0.2, 0.25) is 5.78 Å². The third-order valence-electron chi connectivity index (χ3n) is 2.90. The minimum absolute atomic E-state index is 0.0869. The first-order chi connectivity index (χ1) is 9.56. The molecule has 0 radical (unpaired) electrons. The van der Waals surface area contributed by atoms with Crippen molar-refractivity contribution in [2.24, 2.45) is 0 Å². The molecule has 0 aliphatic heterocycles. The number of halogens is 3. The number of furan rings is 1.